The van der Waals surface area contributed by atoms with E-state index in [4.69, 9.17) is 0 Å². The molecule has 0 aliphatic rings. The number of carboxylic acids is 1. The zero-order valence-corrected chi connectivity index (χ0v) is 25.6. The molecule has 0 aromatic heterocycles. The minimum Gasteiger partial charge on any atom is -0.481 e. The number of rotatable bonds is 30. The largest absolute Gasteiger partial charge is 0.481 e. The molecular weight excluding hydrogens is 456 g/mol. The molecule has 37 heavy (non-hydrogen) atoms. The second kappa shape index (κ2) is 28.4. The van der Waals surface area contributed by atoms with Crippen molar-refractivity contribution >= 4 is 5.97 Å². The first kappa shape index (κ1) is 36.4. The highest BCUT2D eigenvalue weighted by molar-refractivity contribution is 5.70. The summed E-state index contributed by atoms with van der Waals surface area (Å²) in [7, 11) is 0. The first-order valence-electron chi connectivity index (χ1n) is 17.0. The summed E-state index contributed by atoms with van der Waals surface area (Å²) in [5.74, 6) is -0.310. The normalized spacial score (nSPS) is 14.1. The van der Waals surface area contributed by atoms with Crippen LogP contribution in [-0.2, 0) is 4.79 Å². The zero-order chi connectivity index (χ0) is 27.4. The van der Waals surface area contributed by atoms with Crippen LogP contribution in [0.15, 0.2) is 0 Å². The number of aliphatic hydroxyl groups is 1. The SMILES string of the molecule is CCCCCCCCCC(CCCCCC)C(CCCCCCCCCC(O)CCCCCC)C(=O)O. The summed E-state index contributed by atoms with van der Waals surface area (Å²) in [6.45, 7) is 6.74. The molecule has 0 aliphatic carbocycles. The Morgan fingerprint density at radius 3 is 1.14 bits per heavy atom. The van der Waals surface area contributed by atoms with Crippen LogP contribution in [0.2, 0.25) is 0 Å². The molecule has 0 bridgehead atoms. The summed E-state index contributed by atoms with van der Waals surface area (Å²) in [6.07, 6.45) is 32.4. The number of carbonyl (C=O) groups is 1. The van der Waals surface area contributed by atoms with Crippen LogP contribution in [0.4, 0.5) is 0 Å². The van der Waals surface area contributed by atoms with Gasteiger partial charge in [-0.2, -0.15) is 0 Å². The molecular formula is C34H68O3. The molecule has 0 aromatic rings. The van der Waals surface area contributed by atoms with Crippen molar-refractivity contribution in [1.29, 1.82) is 0 Å². The Hall–Kier alpha value is -0.570. The van der Waals surface area contributed by atoms with Gasteiger partial charge in [0.2, 0.25) is 0 Å². The third kappa shape index (κ3) is 24.2. The summed E-state index contributed by atoms with van der Waals surface area (Å²) in [4.78, 5) is 12.2. The van der Waals surface area contributed by atoms with Crippen molar-refractivity contribution in [2.24, 2.45) is 11.8 Å². The molecule has 3 unspecified atom stereocenters. The van der Waals surface area contributed by atoms with E-state index in [0.717, 1.165) is 44.9 Å². The van der Waals surface area contributed by atoms with E-state index < -0.39 is 5.97 Å². The van der Waals surface area contributed by atoms with E-state index >= 15 is 0 Å². The maximum absolute atomic E-state index is 12.2. The van der Waals surface area contributed by atoms with Crippen LogP contribution in [0.1, 0.15) is 194 Å². The fourth-order valence-corrected chi connectivity index (χ4v) is 5.88. The van der Waals surface area contributed by atoms with Gasteiger partial charge in [0.25, 0.3) is 0 Å². The molecule has 0 heterocycles. The van der Waals surface area contributed by atoms with Gasteiger partial charge in [0.05, 0.1) is 12.0 Å². The van der Waals surface area contributed by atoms with Crippen molar-refractivity contribution in [2.45, 2.75) is 200 Å². The van der Waals surface area contributed by atoms with Gasteiger partial charge in [-0.3, -0.25) is 4.79 Å². The summed E-state index contributed by atoms with van der Waals surface area (Å²) < 4.78 is 0. The van der Waals surface area contributed by atoms with E-state index in [1.807, 2.05) is 0 Å². The van der Waals surface area contributed by atoms with Gasteiger partial charge < -0.3 is 10.2 Å². The van der Waals surface area contributed by atoms with Crippen LogP contribution >= 0.6 is 0 Å². The topological polar surface area (TPSA) is 57.5 Å². The summed E-state index contributed by atoms with van der Waals surface area (Å²) in [5, 5.41) is 20.2. The van der Waals surface area contributed by atoms with Crippen LogP contribution in [0, 0.1) is 11.8 Å². The van der Waals surface area contributed by atoms with E-state index in [9.17, 15) is 15.0 Å². The highest BCUT2D eigenvalue weighted by Crippen LogP contribution is 2.30. The molecule has 0 rings (SSSR count). The Labute approximate surface area is 233 Å². The molecule has 2 N–H and O–H groups in total. The predicted molar refractivity (Wildman–Crippen MR) is 162 cm³/mol. The van der Waals surface area contributed by atoms with Gasteiger partial charge >= 0.3 is 5.97 Å². The van der Waals surface area contributed by atoms with Crippen LogP contribution in [-0.4, -0.2) is 22.3 Å². The summed E-state index contributed by atoms with van der Waals surface area (Å²) in [6, 6.07) is 0. The molecule has 3 atom stereocenters. The predicted octanol–water partition coefficient (Wildman–Crippen LogP) is 11.3. The minimum atomic E-state index is -0.545. The van der Waals surface area contributed by atoms with E-state index in [1.54, 1.807) is 0 Å². The monoisotopic (exact) mass is 525 g/mol. The molecule has 0 radical (unpaired) electrons. The van der Waals surface area contributed by atoms with Gasteiger partial charge in [-0.1, -0.05) is 162 Å². The van der Waals surface area contributed by atoms with E-state index in [0.29, 0.717) is 5.92 Å². The number of aliphatic carboxylic acids is 1. The third-order valence-electron chi connectivity index (χ3n) is 8.44. The Balaban J connectivity index is 4.14. The fraction of sp³-hybridized carbons (Fsp3) is 0.971. The molecule has 0 amide bonds. The van der Waals surface area contributed by atoms with Gasteiger partial charge in [-0.25, -0.2) is 0 Å². The lowest BCUT2D eigenvalue weighted by atomic mass is 9.80. The molecule has 222 valence electrons. The lowest BCUT2D eigenvalue weighted by Crippen LogP contribution is -2.24. The Kier molecular flexibility index (Phi) is 28.0. The number of hydrogen-bond acceptors (Lipinski definition) is 2. The Morgan fingerprint density at radius 2 is 0.757 bits per heavy atom. The quantitative estimate of drug-likeness (QED) is 0.0918. The fourth-order valence-electron chi connectivity index (χ4n) is 5.88. The number of aliphatic hydroxyl groups excluding tert-OH is 1. The number of hydrogen-bond donors (Lipinski definition) is 2. The Bertz CT molecular complexity index is 464. The minimum absolute atomic E-state index is 0.0965. The smallest absolute Gasteiger partial charge is 0.306 e. The van der Waals surface area contributed by atoms with Gasteiger partial charge in [0.1, 0.15) is 0 Å². The first-order chi connectivity index (χ1) is 18.1. The van der Waals surface area contributed by atoms with Crippen LogP contribution in [0.25, 0.3) is 0 Å². The van der Waals surface area contributed by atoms with Gasteiger partial charge in [0, 0.05) is 0 Å². The second-order valence-electron chi connectivity index (χ2n) is 12.0. The van der Waals surface area contributed by atoms with Crippen molar-refractivity contribution in [3.05, 3.63) is 0 Å². The van der Waals surface area contributed by atoms with Crippen LogP contribution in [0.3, 0.4) is 0 Å². The van der Waals surface area contributed by atoms with Gasteiger partial charge in [0.15, 0.2) is 0 Å². The van der Waals surface area contributed by atoms with Crippen molar-refractivity contribution in [2.75, 3.05) is 0 Å². The first-order valence-corrected chi connectivity index (χ1v) is 17.0. The van der Waals surface area contributed by atoms with Crippen LogP contribution in [0.5, 0.6) is 0 Å². The number of carboxylic acid groups (broad SMARTS) is 1. The standard InChI is InChI=1S/C34H68O3/c1-4-7-10-13-15-18-22-27-31(26-21-11-8-5-2)33(34(36)37)30-25-20-17-14-16-19-24-29-32(35)28-23-12-9-6-3/h31-33,35H,4-30H2,1-3H3,(H,36,37). The van der Waals surface area contributed by atoms with E-state index in [-0.39, 0.29) is 12.0 Å². The maximum atomic E-state index is 12.2. The average Bonchev–Trinajstić information content (AvgIpc) is 2.88. The lowest BCUT2D eigenvalue weighted by molar-refractivity contribution is -0.144. The zero-order valence-electron chi connectivity index (χ0n) is 25.6. The third-order valence-corrected chi connectivity index (χ3v) is 8.44. The highest BCUT2D eigenvalue weighted by atomic mass is 16.4. The molecule has 3 nitrogen and oxygen atoms in total. The molecule has 0 spiro atoms. The van der Waals surface area contributed by atoms with Crippen molar-refractivity contribution < 1.29 is 15.0 Å². The van der Waals surface area contributed by atoms with E-state index in [2.05, 4.69) is 20.8 Å². The molecule has 0 saturated carbocycles. The van der Waals surface area contributed by atoms with E-state index in [1.165, 1.54) is 128 Å². The number of unbranched alkanes of at least 4 members (excludes halogenated alkanes) is 18. The maximum Gasteiger partial charge on any atom is 0.306 e. The second-order valence-corrected chi connectivity index (χ2v) is 12.0. The Morgan fingerprint density at radius 1 is 0.459 bits per heavy atom. The highest BCUT2D eigenvalue weighted by Gasteiger charge is 2.26. The van der Waals surface area contributed by atoms with Gasteiger partial charge in [-0.05, 0) is 38.0 Å². The molecule has 0 fully saturated rings. The molecule has 3 heteroatoms. The van der Waals surface area contributed by atoms with Gasteiger partial charge in [-0.15, -0.1) is 0 Å². The van der Waals surface area contributed by atoms with Crippen molar-refractivity contribution in [3.8, 4) is 0 Å². The average molecular weight is 525 g/mol. The van der Waals surface area contributed by atoms with Crippen molar-refractivity contribution in [3.63, 3.8) is 0 Å². The molecule has 0 aromatic carbocycles. The van der Waals surface area contributed by atoms with Crippen LogP contribution < -0.4 is 0 Å². The summed E-state index contributed by atoms with van der Waals surface area (Å²) in [5.41, 5.74) is 0. The van der Waals surface area contributed by atoms with Crippen molar-refractivity contribution in [1.82, 2.24) is 0 Å². The lowest BCUT2D eigenvalue weighted by Gasteiger charge is -2.24. The summed E-state index contributed by atoms with van der Waals surface area (Å²) >= 11 is 0. The molecule has 0 aliphatic heterocycles. The molecule has 0 saturated heterocycles.